The fourth-order valence-electron chi connectivity index (χ4n) is 5.06. The van der Waals surface area contributed by atoms with Crippen molar-refractivity contribution < 1.29 is 9.34 Å². The van der Waals surface area contributed by atoms with Gasteiger partial charge in [0.15, 0.2) is 5.82 Å². The third-order valence-corrected chi connectivity index (χ3v) is 6.71. The lowest BCUT2D eigenvalue weighted by atomic mass is 9.78. The van der Waals surface area contributed by atoms with Crippen LogP contribution in [0.1, 0.15) is 34.8 Å². The van der Waals surface area contributed by atoms with Crippen LogP contribution in [0.5, 0.6) is 0 Å². The van der Waals surface area contributed by atoms with Crippen molar-refractivity contribution in [1.82, 2.24) is 10.2 Å². The summed E-state index contributed by atoms with van der Waals surface area (Å²) >= 11 is 0. The van der Waals surface area contributed by atoms with Crippen molar-refractivity contribution in [2.24, 2.45) is 0 Å². The zero-order valence-electron chi connectivity index (χ0n) is 18.9. The fourth-order valence-corrected chi connectivity index (χ4v) is 5.06. The first-order chi connectivity index (χ1) is 16.0. The number of furan rings is 1. The summed E-state index contributed by atoms with van der Waals surface area (Å²) in [6.07, 6.45) is 5.76. The Bertz CT molecular complexity index is 1370. The molecular formula is C27H27N3O3. The van der Waals surface area contributed by atoms with Crippen molar-refractivity contribution in [3.63, 3.8) is 0 Å². The summed E-state index contributed by atoms with van der Waals surface area (Å²) in [5.74, 6) is 1.63. The minimum Gasteiger partial charge on any atom is -0.467 e. The smallest absolute Gasteiger partial charge is 0.274 e. The monoisotopic (exact) mass is 441 g/mol. The summed E-state index contributed by atoms with van der Waals surface area (Å²) in [5.41, 5.74) is 4.04. The van der Waals surface area contributed by atoms with Crippen LogP contribution in [0.4, 0.5) is 0 Å². The van der Waals surface area contributed by atoms with Crippen LogP contribution >= 0.6 is 0 Å². The molecule has 1 aliphatic carbocycles. The Morgan fingerprint density at radius 3 is 2.76 bits per heavy atom. The van der Waals surface area contributed by atoms with Gasteiger partial charge in [0, 0.05) is 14.1 Å². The quantitative estimate of drug-likeness (QED) is 0.240. The lowest BCUT2D eigenvalue weighted by Crippen LogP contribution is -2.26. The van der Waals surface area contributed by atoms with E-state index in [0.29, 0.717) is 18.3 Å². The standard InChI is InChI=1S/C27H27N3O3/c1-29(2)27(17-30(31)32)28-16-26-22(13-14-33-26)20-8-7-19-10-11-23-21-6-4-3-5-18(21)9-12-24(23)25(19)15-20/h3-6,9-14,17,20,28H,7-8,15-16H2,1-2H3. The largest absolute Gasteiger partial charge is 0.467 e. The molecule has 1 unspecified atom stereocenters. The molecule has 0 fully saturated rings. The first-order valence-electron chi connectivity index (χ1n) is 11.3. The van der Waals surface area contributed by atoms with Gasteiger partial charge < -0.3 is 14.6 Å². The van der Waals surface area contributed by atoms with Crippen LogP contribution in [-0.4, -0.2) is 23.9 Å². The molecule has 1 atom stereocenters. The highest BCUT2D eigenvalue weighted by Gasteiger charge is 2.25. The molecule has 1 N–H and O–H groups in total. The minimum absolute atomic E-state index is 0.354. The molecule has 33 heavy (non-hydrogen) atoms. The number of hydrogen-bond acceptors (Lipinski definition) is 5. The third kappa shape index (κ3) is 4.04. The van der Waals surface area contributed by atoms with Gasteiger partial charge in [-0.25, -0.2) is 0 Å². The van der Waals surface area contributed by atoms with E-state index in [1.807, 2.05) is 0 Å². The molecule has 6 nitrogen and oxygen atoms in total. The number of rotatable bonds is 6. The molecular weight excluding hydrogens is 414 g/mol. The van der Waals surface area contributed by atoms with E-state index in [1.165, 1.54) is 38.2 Å². The molecule has 0 spiro atoms. The predicted octanol–water partition coefficient (Wildman–Crippen LogP) is 5.59. The summed E-state index contributed by atoms with van der Waals surface area (Å²) in [5, 5.41) is 19.3. The number of nitrogens with zero attached hydrogens (tertiary/aromatic N) is 2. The average molecular weight is 442 g/mol. The van der Waals surface area contributed by atoms with E-state index < -0.39 is 4.92 Å². The van der Waals surface area contributed by atoms with Crippen molar-refractivity contribution in [2.75, 3.05) is 14.1 Å². The molecule has 4 aromatic rings. The Kier molecular flexibility index (Phi) is 5.50. The van der Waals surface area contributed by atoms with Gasteiger partial charge in [0.25, 0.3) is 6.20 Å². The second-order valence-electron chi connectivity index (χ2n) is 8.87. The van der Waals surface area contributed by atoms with Gasteiger partial charge in [0.1, 0.15) is 5.76 Å². The van der Waals surface area contributed by atoms with E-state index in [-0.39, 0.29) is 0 Å². The topological polar surface area (TPSA) is 71.5 Å². The first-order valence-corrected chi connectivity index (χ1v) is 11.3. The molecule has 0 amide bonds. The van der Waals surface area contributed by atoms with Gasteiger partial charge in [-0.3, -0.25) is 10.1 Å². The molecule has 0 radical (unpaired) electrons. The van der Waals surface area contributed by atoms with Gasteiger partial charge in [-0.1, -0.05) is 48.5 Å². The Labute approximate surface area is 192 Å². The zero-order valence-corrected chi connectivity index (χ0v) is 18.9. The number of fused-ring (bicyclic) bond motifs is 5. The van der Waals surface area contributed by atoms with E-state index in [9.17, 15) is 10.1 Å². The zero-order chi connectivity index (χ0) is 22.9. The SMILES string of the molecule is CN(C)C(=C[N+](=O)[O-])NCc1occc1C1CCc2ccc3c(ccc4ccccc43)c2C1. The summed E-state index contributed by atoms with van der Waals surface area (Å²) in [7, 11) is 3.55. The number of nitrogens with one attached hydrogen (secondary N) is 1. The average Bonchev–Trinajstić information content (AvgIpc) is 3.29. The second kappa shape index (κ2) is 8.62. The van der Waals surface area contributed by atoms with E-state index >= 15 is 0 Å². The van der Waals surface area contributed by atoms with E-state index in [4.69, 9.17) is 4.42 Å². The van der Waals surface area contributed by atoms with Gasteiger partial charge in [-0.2, -0.15) is 0 Å². The van der Waals surface area contributed by atoms with Crippen molar-refractivity contribution in [3.8, 4) is 0 Å². The summed E-state index contributed by atoms with van der Waals surface area (Å²) in [4.78, 5) is 12.2. The van der Waals surface area contributed by atoms with Gasteiger partial charge in [0.05, 0.1) is 17.7 Å². The number of nitro groups is 1. The van der Waals surface area contributed by atoms with Crippen LogP contribution in [0.3, 0.4) is 0 Å². The Morgan fingerprint density at radius 2 is 1.94 bits per heavy atom. The molecule has 3 aromatic carbocycles. The first kappa shape index (κ1) is 21.1. The van der Waals surface area contributed by atoms with Gasteiger partial charge >= 0.3 is 0 Å². The van der Waals surface area contributed by atoms with Gasteiger partial charge in [-0.05, 0) is 69.5 Å². The van der Waals surface area contributed by atoms with Crippen LogP contribution in [0.2, 0.25) is 0 Å². The summed E-state index contributed by atoms with van der Waals surface area (Å²) in [6, 6.07) is 19.7. The molecule has 0 bridgehead atoms. The molecule has 0 saturated carbocycles. The highest BCUT2D eigenvalue weighted by molar-refractivity contribution is 6.08. The molecule has 1 heterocycles. The van der Waals surface area contributed by atoms with Crippen molar-refractivity contribution >= 4 is 21.5 Å². The van der Waals surface area contributed by atoms with Gasteiger partial charge in [-0.15, -0.1) is 0 Å². The van der Waals surface area contributed by atoms with Crippen LogP contribution in [0.25, 0.3) is 21.5 Å². The lowest BCUT2D eigenvalue weighted by Gasteiger charge is -2.26. The Balaban J connectivity index is 1.44. The van der Waals surface area contributed by atoms with Crippen molar-refractivity contribution in [2.45, 2.75) is 31.7 Å². The maximum Gasteiger partial charge on any atom is 0.274 e. The Morgan fingerprint density at radius 1 is 1.12 bits per heavy atom. The highest BCUT2D eigenvalue weighted by atomic mass is 16.6. The van der Waals surface area contributed by atoms with E-state index in [1.54, 1.807) is 25.3 Å². The number of benzene rings is 3. The van der Waals surface area contributed by atoms with Gasteiger partial charge in [0.2, 0.25) is 0 Å². The summed E-state index contributed by atoms with van der Waals surface area (Å²) < 4.78 is 5.81. The molecule has 0 saturated heterocycles. The van der Waals surface area contributed by atoms with Crippen LogP contribution < -0.4 is 5.32 Å². The van der Waals surface area contributed by atoms with Crippen LogP contribution in [-0.2, 0) is 19.4 Å². The van der Waals surface area contributed by atoms with Crippen LogP contribution in [0, 0.1) is 10.1 Å². The lowest BCUT2D eigenvalue weighted by molar-refractivity contribution is -0.404. The van der Waals surface area contributed by atoms with Crippen molar-refractivity contribution in [3.05, 3.63) is 105 Å². The normalized spacial score (nSPS) is 16.1. The maximum atomic E-state index is 10.9. The molecule has 0 aliphatic heterocycles. The summed E-state index contributed by atoms with van der Waals surface area (Å²) in [6.45, 7) is 0.406. The third-order valence-electron chi connectivity index (χ3n) is 6.71. The Hall–Kier alpha value is -3.80. The molecule has 5 rings (SSSR count). The predicted molar refractivity (Wildman–Crippen MR) is 131 cm³/mol. The second-order valence-corrected chi connectivity index (χ2v) is 8.87. The minimum atomic E-state index is -0.446. The van der Waals surface area contributed by atoms with Crippen molar-refractivity contribution in [1.29, 1.82) is 0 Å². The van der Waals surface area contributed by atoms with Crippen LogP contribution in [0.15, 0.2) is 77.3 Å². The number of aryl methyl sites for hydroxylation is 1. The van der Waals surface area contributed by atoms with E-state index in [2.05, 4.69) is 59.9 Å². The molecule has 1 aromatic heterocycles. The fraction of sp³-hybridized carbons (Fsp3) is 0.259. The molecule has 1 aliphatic rings. The molecule has 168 valence electrons. The highest BCUT2D eigenvalue weighted by Crippen LogP contribution is 2.39. The number of hydrogen-bond donors (Lipinski definition) is 1. The molecule has 6 heteroatoms. The maximum absolute atomic E-state index is 10.9. The van der Waals surface area contributed by atoms with E-state index in [0.717, 1.165) is 31.2 Å².